The standard InChI is InChI=1S/C12H23N3/c1-12(10-13,14-11-6-7-11)8-4-5-9-15(2)3/h11,14H,4-9H2,1-3H3. The van der Waals surface area contributed by atoms with Gasteiger partial charge in [-0.05, 0) is 59.7 Å². The van der Waals surface area contributed by atoms with Crippen LogP contribution in [0.2, 0.25) is 0 Å². The maximum absolute atomic E-state index is 9.15. The zero-order chi connectivity index (χ0) is 11.3. The second-order valence-corrected chi connectivity index (χ2v) is 5.12. The van der Waals surface area contributed by atoms with E-state index in [1.54, 1.807) is 0 Å². The molecule has 0 radical (unpaired) electrons. The van der Waals surface area contributed by atoms with Gasteiger partial charge in [0.05, 0.1) is 6.07 Å². The molecular weight excluding hydrogens is 186 g/mol. The molecule has 0 bridgehead atoms. The molecule has 3 nitrogen and oxygen atoms in total. The van der Waals surface area contributed by atoms with E-state index in [4.69, 9.17) is 5.26 Å². The van der Waals surface area contributed by atoms with Crippen molar-refractivity contribution in [3.63, 3.8) is 0 Å². The Balaban J connectivity index is 2.17. The summed E-state index contributed by atoms with van der Waals surface area (Å²) in [6.45, 7) is 3.14. The van der Waals surface area contributed by atoms with E-state index >= 15 is 0 Å². The summed E-state index contributed by atoms with van der Waals surface area (Å²) in [6.07, 6.45) is 5.76. The first-order chi connectivity index (χ1) is 7.06. The minimum atomic E-state index is -0.298. The highest BCUT2D eigenvalue weighted by Gasteiger charge is 2.31. The van der Waals surface area contributed by atoms with Crippen molar-refractivity contribution in [2.24, 2.45) is 0 Å². The van der Waals surface area contributed by atoms with E-state index < -0.39 is 0 Å². The van der Waals surface area contributed by atoms with Gasteiger partial charge in [-0.25, -0.2) is 0 Å². The van der Waals surface area contributed by atoms with Gasteiger partial charge in [0.1, 0.15) is 5.54 Å². The smallest absolute Gasteiger partial charge is 0.104 e. The fraction of sp³-hybridized carbons (Fsp3) is 0.917. The highest BCUT2D eigenvalue weighted by molar-refractivity contribution is 5.06. The minimum Gasteiger partial charge on any atom is -0.309 e. The molecule has 1 rings (SSSR count). The van der Waals surface area contributed by atoms with Crippen LogP contribution >= 0.6 is 0 Å². The lowest BCUT2D eigenvalue weighted by Crippen LogP contribution is -2.42. The van der Waals surface area contributed by atoms with E-state index in [1.165, 1.54) is 19.3 Å². The summed E-state index contributed by atoms with van der Waals surface area (Å²) in [4.78, 5) is 2.19. The Labute approximate surface area is 93.5 Å². The first kappa shape index (κ1) is 12.5. The molecule has 0 amide bonds. The van der Waals surface area contributed by atoms with Gasteiger partial charge in [0.2, 0.25) is 0 Å². The Bertz CT molecular complexity index is 228. The Kier molecular flexibility index (Phi) is 4.56. The second kappa shape index (κ2) is 5.48. The van der Waals surface area contributed by atoms with E-state index in [-0.39, 0.29) is 5.54 Å². The van der Waals surface area contributed by atoms with Gasteiger partial charge in [-0.2, -0.15) is 5.26 Å². The summed E-state index contributed by atoms with van der Waals surface area (Å²) in [5, 5.41) is 12.6. The van der Waals surface area contributed by atoms with Gasteiger partial charge in [0.15, 0.2) is 0 Å². The van der Waals surface area contributed by atoms with Gasteiger partial charge in [-0.3, -0.25) is 5.32 Å². The van der Waals surface area contributed by atoms with Crippen molar-refractivity contribution in [1.29, 1.82) is 5.26 Å². The fourth-order valence-corrected chi connectivity index (χ4v) is 1.75. The van der Waals surface area contributed by atoms with E-state index in [0.29, 0.717) is 6.04 Å². The predicted octanol–water partition coefficient (Wildman–Crippen LogP) is 1.75. The molecule has 86 valence electrons. The van der Waals surface area contributed by atoms with Crippen LogP contribution in [0.4, 0.5) is 0 Å². The topological polar surface area (TPSA) is 39.1 Å². The normalized spacial score (nSPS) is 19.9. The average molecular weight is 209 g/mol. The minimum absolute atomic E-state index is 0.298. The lowest BCUT2D eigenvalue weighted by atomic mass is 9.96. The molecule has 1 unspecified atom stereocenters. The summed E-state index contributed by atoms with van der Waals surface area (Å²) in [5.41, 5.74) is -0.298. The van der Waals surface area contributed by atoms with Crippen LogP contribution in [-0.4, -0.2) is 37.1 Å². The Morgan fingerprint density at radius 2 is 2.07 bits per heavy atom. The largest absolute Gasteiger partial charge is 0.309 e. The molecule has 3 heteroatoms. The van der Waals surface area contributed by atoms with Crippen molar-refractivity contribution in [3.8, 4) is 6.07 Å². The van der Waals surface area contributed by atoms with Crippen LogP contribution in [-0.2, 0) is 0 Å². The zero-order valence-corrected chi connectivity index (χ0v) is 10.2. The Hall–Kier alpha value is -0.590. The molecule has 0 aromatic rings. The summed E-state index contributed by atoms with van der Waals surface area (Å²) in [5.74, 6) is 0. The average Bonchev–Trinajstić information content (AvgIpc) is 2.96. The number of hydrogen-bond acceptors (Lipinski definition) is 3. The van der Waals surface area contributed by atoms with E-state index in [9.17, 15) is 0 Å². The zero-order valence-electron chi connectivity index (χ0n) is 10.2. The van der Waals surface area contributed by atoms with Crippen molar-refractivity contribution in [2.75, 3.05) is 20.6 Å². The second-order valence-electron chi connectivity index (χ2n) is 5.12. The van der Waals surface area contributed by atoms with E-state index in [0.717, 1.165) is 19.4 Å². The lowest BCUT2D eigenvalue weighted by molar-refractivity contribution is 0.358. The number of nitrogens with one attached hydrogen (secondary N) is 1. The maximum Gasteiger partial charge on any atom is 0.104 e. The monoisotopic (exact) mass is 209 g/mol. The quantitative estimate of drug-likeness (QED) is 0.649. The number of unbranched alkanes of at least 4 members (excludes halogenated alkanes) is 1. The fourth-order valence-electron chi connectivity index (χ4n) is 1.75. The van der Waals surface area contributed by atoms with Crippen molar-refractivity contribution >= 4 is 0 Å². The highest BCUT2D eigenvalue weighted by Crippen LogP contribution is 2.24. The van der Waals surface area contributed by atoms with Gasteiger partial charge >= 0.3 is 0 Å². The molecule has 15 heavy (non-hydrogen) atoms. The van der Waals surface area contributed by atoms with Crippen LogP contribution in [0.5, 0.6) is 0 Å². The summed E-state index contributed by atoms with van der Waals surface area (Å²) in [6, 6.07) is 3.03. The molecule has 0 saturated heterocycles. The predicted molar refractivity (Wildman–Crippen MR) is 62.6 cm³/mol. The molecule has 1 aliphatic rings. The van der Waals surface area contributed by atoms with E-state index in [1.807, 2.05) is 6.92 Å². The number of nitriles is 1. The third-order valence-corrected chi connectivity index (χ3v) is 2.88. The molecule has 0 aromatic heterocycles. The van der Waals surface area contributed by atoms with Gasteiger partial charge in [0.25, 0.3) is 0 Å². The third kappa shape index (κ3) is 5.15. The van der Waals surface area contributed by atoms with Crippen LogP contribution < -0.4 is 5.32 Å². The van der Waals surface area contributed by atoms with E-state index in [2.05, 4.69) is 30.4 Å². The lowest BCUT2D eigenvalue weighted by Gasteiger charge is -2.23. The SMILES string of the molecule is CN(C)CCCCC(C)(C#N)NC1CC1. The van der Waals surface area contributed by atoms with Crippen LogP contribution in [0, 0.1) is 11.3 Å². The molecule has 0 aliphatic heterocycles. The number of hydrogen-bond donors (Lipinski definition) is 1. The molecule has 1 atom stereocenters. The molecular formula is C12H23N3. The Morgan fingerprint density at radius 3 is 2.53 bits per heavy atom. The van der Waals surface area contributed by atoms with Gasteiger partial charge < -0.3 is 4.90 Å². The molecule has 0 aromatic carbocycles. The first-order valence-corrected chi connectivity index (χ1v) is 5.89. The number of nitrogens with zero attached hydrogens (tertiary/aromatic N) is 2. The Morgan fingerprint density at radius 1 is 1.40 bits per heavy atom. The molecule has 0 heterocycles. The van der Waals surface area contributed by atoms with Crippen molar-refractivity contribution < 1.29 is 0 Å². The molecule has 1 N–H and O–H groups in total. The van der Waals surface area contributed by atoms with Gasteiger partial charge in [-0.15, -0.1) is 0 Å². The highest BCUT2D eigenvalue weighted by atomic mass is 15.0. The maximum atomic E-state index is 9.15. The summed E-state index contributed by atoms with van der Waals surface area (Å²) in [7, 11) is 4.18. The molecule has 0 spiro atoms. The summed E-state index contributed by atoms with van der Waals surface area (Å²) < 4.78 is 0. The molecule has 1 saturated carbocycles. The van der Waals surface area contributed by atoms with Crippen LogP contribution in [0.15, 0.2) is 0 Å². The number of rotatable bonds is 7. The molecule has 1 aliphatic carbocycles. The first-order valence-electron chi connectivity index (χ1n) is 5.89. The van der Waals surface area contributed by atoms with Crippen molar-refractivity contribution in [1.82, 2.24) is 10.2 Å². The van der Waals surface area contributed by atoms with Gasteiger partial charge in [-0.1, -0.05) is 0 Å². The van der Waals surface area contributed by atoms with Crippen LogP contribution in [0.25, 0.3) is 0 Å². The molecule has 1 fully saturated rings. The van der Waals surface area contributed by atoms with Crippen LogP contribution in [0.1, 0.15) is 39.0 Å². The van der Waals surface area contributed by atoms with Crippen molar-refractivity contribution in [3.05, 3.63) is 0 Å². The summed E-state index contributed by atoms with van der Waals surface area (Å²) >= 11 is 0. The van der Waals surface area contributed by atoms with Gasteiger partial charge in [0, 0.05) is 6.04 Å². The van der Waals surface area contributed by atoms with Crippen LogP contribution in [0.3, 0.4) is 0 Å². The third-order valence-electron chi connectivity index (χ3n) is 2.88. The van der Waals surface area contributed by atoms with Crippen molar-refractivity contribution in [2.45, 2.75) is 50.6 Å².